The van der Waals surface area contributed by atoms with Crippen molar-refractivity contribution in [2.24, 2.45) is 0 Å². The predicted octanol–water partition coefficient (Wildman–Crippen LogP) is 4.09. The van der Waals surface area contributed by atoms with E-state index in [1.165, 1.54) is 82.4 Å². The molecule has 0 saturated heterocycles. The van der Waals surface area contributed by atoms with Crippen LogP contribution in [0.15, 0.2) is 12.2 Å². The van der Waals surface area contributed by atoms with Gasteiger partial charge < -0.3 is 21.7 Å². The molecule has 26 heavy (non-hydrogen) atoms. The van der Waals surface area contributed by atoms with E-state index in [4.69, 9.17) is 4.74 Å². The lowest BCUT2D eigenvalue weighted by molar-refractivity contribution is -0.139. The van der Waals surface area contributed by atoms with E-state index in [0.29, 0.717) is 12.2 Å². The molecule has 0 spiro atoms. The molecule has 0 saturated carbocycles. The molecule has 0 radical (unpaired) electrons. The molecule has 4 heteroatoms. The number of hydrogen-bond donors (Lipinski definition) is 0. The van der Waals surface area contributed by atoms with Crippen molar-refractivity contribution in [3.63, 3.8) is 0 Å². The third-order valence-corrected chi connectivity index (χ3v) is 10.9. The maximum absolute atomic E-state index is 11.2. The van der Waals surface area contributed by atoms with E-state index < -0.39 is 7.26 Å². The molecule has 2 nitrogen and oxygen atoms in total. The van der Waals surface area contributed by atoms with Crippen LogP contribution in [0.5, 0.6) is 0 Å². The minimum atomic E-state index is -0.567. The number of carbonyl (C=O) groups is 1. The van der Waals surface area contributed by atoms with Gasteiger partial charge in [-0.3, -0.25) is 0 Å². The zero-order valence-electron chi connectivity index (χ0n) is 18.0. The fourth-order valence-corrected chi connectivity index (χ4v) is 6.58. The number of hydrogen-bond acceptors (Lipinski definition) is 2. The van der Waals surface area contributed by atoms with Crippen LogP contribution in [0.3, 0.4) is 0 Å². The van der Waals surface area contributed by atoms with E-state index in [2.05, 4.69) is 27.4 Å². The second kappa shape index (κ2) is 18.5. The third kappa shape index (κ3) is 14.2. The minimum Gasteiger partial charge on any atom is -1.00 e. The van der Waals surface area contributed by atoms with Crippen LogP contribution in [-0.4, -0.2) is 37.2 Å². The first-order valence-electron chi connectivity index (χ1n) is 10.7. The number of ether oxygens (including phenoxy) is 1. The molecule has 0 unspecified atom stereocenters. The Hall–Kier alpha value is 0.120. The summed E-state index contributed by atoms with van der Waals surface area (Å²) in [6.07, 6.45) is 19.1. The van der Waals surface area contributed by atoms with Crippen LogP contribution in [-0.2, 0) is 9.53 Å². The summed E-state index contributed by atoms with van der Waals surface area (Å²) in [5.41, 5.74) is 0.492. The average molecular weight is 451 g/mol. The highest BCUT2D eigenvalue weighted by Gasteiger charge is 2.29. The highest BCUT2D eigenvalue weighted by molar-refractivity contribution is 7.75. The van der Waals surface area contributed by atoms with Gasteiger partial charge in [-0.25, -0.2) is 4.79 Å². The van der Waals surface area contributed by atoms with Gasteiger partial charge in [0.2, 0.25) is 0 Å². The van der Waals surface area contributed by atoms with Gasteiger partial charge in [0.25, 0.3) is 0 Å². The molecular weight excluding hydrogens is 407 g/mol. The summed E-state index contributed by atoms with van der Waals surface area (Å²) in [4.78, 5) is 11.2. The van der Waals surface area contributed by atoms with Crippen LogP contribution >= 0.6 is 7.26 Å². The zero-order valence-corrected chi connectivity index (χ0v) is 20.4. The highest BCUT2D eigenvalue weighted by Crippen LogP contribution is 2.58. The summed E-state index contributed by atoms with van der Waals surface area (Å²) in [6, 6.07) is 0. The first-order valence-corrected chi connectivity index (χ1v) is 13.2. The van der Waals surface area contributed by atoms with E-state index in [9.17, 15) is 4.79 Å². The topological polar surface area (TPSA) is 26.3 Å². The minimum absolute atomic E-state index is 0. The number of halogens is 1. The Morgan fingerprint density at radius 3 is 1.54 bits per heavy atom. The second-order valence-electron chi connectivity index (χ2n) is 7.47. The normalized spacial score (nSPS) is 11.1. The summed E-state index contributed by atoms with van der Waals surface area (Å²) in [5.74, 6) is -0.254. The lowest BCUT2D eigenvalue weighted by Gasteiger charge is -2.23. The monoisotopic (exact) mass is 450 g/mol. The van der Waals surface area contributed by atoms with Gasteiger partial charge in [0, 0.05) is 12.8 Å². The van der Waals surface area contributed by atoms with Crippen LogP contribution in [0.1, 0.15) is 91.9 Å². The molecule has 0 heterocycles. The largest absolute Gasteiger partial charge is 1.00 e. The fourth-order valence-electron chi connectivity index (χ4n) is 3.40. The van der Waals surface area contributed by atoms with Gasteiger partial charge >= 0.3 is 5.97 Å². The van der Waals surface area contributed by atoms with Crippen LogP contribution in [0.4, 0.5) is 0 Å². The standard InChI is InChI=1S/C22H44O2P.BrH/c1-6-25(7-2,8-3)20-18-16-14-12-10-9-11-13-15-17-19-24-22(23)21(4)5;/h4,6-20H2,1-3,5H3;1H/q+1;/p-1. The molecule has 0 fully saturated rings. The Labute approximate surface area is 175 Å². The van der Waals surface area contributed by atoms with E-state index in [1.54, 1.807) is 6.92 Å². The molecule has 0 aromatic carbocycles. The summed E-state index contributed by atoms with van der Waals surface area (Å²) in [6.45, 7) is 13.0. The summed E-state index contributed by atoms with van der Waals surface area (Å²) in [7, 11) is -0.567. The Morgan fingerprint density at radius 1 is 0.769 bits per heavy atom. The SMILES string of the molecule is C=C(C)C(=O)OCCCCCCCCCCCC[P+](CC)(CC)CC.[Br-]. The Kier molecular flexibility index (Phi) is 20.1. The summed E-state index contributed by atoms with van der Waals surface area (Å²) >= 11 is 0. The Bertz CT molecular complexity index is 346. The van der Waals surface area contributed by atoms with Crippen molar-refractivity contribution in [3.05, 3.63) is 12.2 Å². The van der Waals surface area contributed by atoms with Gasteiger partial charge in [-0.05, 0) is 47.0 Å². The highest BCUT2D eigenvalue weighted by atomic mass is 79.9. The van der Waals surface area contributed by atoms with Gasteiger partial charge in [-0.1, -0.05) is 51.5 Å². The van der Waals surface area contributed by atoms with Gasteiger partial charge in [0.05, 0.1) is 31.3 Å². The molecule has 0 aromatic heterocycles. The summed E-state index contributed by atoms with van der Waals surface area (Å²) in [5, 5.41) is 0. The quantitative estimate of drug-likeness (QED) is 0.144. The van der Waals surface area contributed by atoms with Crippen molar-refractivity contribution >= 4 is 13.2 Å². The van der Waals surface area contributed by atoms with E-state index in [0.717, 1.165) is 6.42 Å². The fraction of sp³-hybridized carbons (Fsp3) is 0.864. The van der Waals surface area contributed by atoms with Crippen molar-refractivity contribution in [3.8, 4) is 0 Å². The average Bonchev–Trinajstić information content (AvgIpc) is 2.62. The van der Waals surface area contributed by atoms with Gasteiger partial charge in [0.15, 0.2) is 0 Å². The van der Waals surface area contributed by atoms with Crippen molar-refractivity contribution in [1.29, 1.82) is 0 Å². The number of unbranched alkanes of at least 4 members (excludes halogenated alkanes) is 9. The first kappa shape index (κ1) is 28.3. The Morgan fingerprint density at radius 2 is 1.15 bits per heavy atom. The number of esters is 1. The van der Waals surface area contributed by atoms with Crippen LogP contribution in [0, 0.1) is 0 Å². The van der Waals surface area contributed by atoms with Gasteiger partial charge in [-0.15, -0.1) is 0 Å². The third-order valence-electron chi connectivity index (χ3n) is 5.62. The van der Waals surface area contributed by atoms with Crippen molar-refractivity contribution < 1.29 is 26.5 Å². The summed E-state index contributed by atoms with van der Waals surface area (Å²) < 4.78 is 5.10. The maximum atomic E-state index is 11.2. The molecule has 0 aromatic rings. The van der Waals surface area contributed by atoms with Crippen LogP contribution < -0.4 is 17.0 Å². The molecule has 0 aliphatic heterocycles. The zero-order chi connectivity index (χ0) is 19.0. The van der Waals surface area contributed by atoms with Gasteiger partial charge in [-0.2, -0.15) is 0 Å². The van der Waals surface area contributed by atoms with Gasteiger partial charge in [0.1, 0.15) is 0 Å². The maximum Gasteiger partial charge on any atom is 0.333 e. The first-order chi connectivity index (χ1) is 12.0. The molecule has 0 amide bonds. The number of rotatable bonds is 17. The van der Waals surface area contributed by atoms with E-state index in [-0.39, 0.29) is 23.0 Å². The molecular formula is C22H44BrO2P. The molecule has 156 valence electrons. The lowest BCUT2D eigenvalue weighted by atomic mass is 10.1. The molecule has 0 bridgehead atoms. The second-order valence-corrected chi connectivity index (χ2v) is 12.5. The van der Waals surface area contributed by atoms with Crippen molar-refractivity contribution in [2.45, 2.75) is 91.9 Å². The molecule has 0 aliphatic rings. The smallest absolute Gasteiger partial charge is 0.333 e. The lowest BCUT2D eigenvalue weighted by Crippen LogP contribution is -3.00. The predicted molar refractivity (Wildman–Crippen MR) is 115 cm³/mol. The van der Waals surface area contributed by atoms with Crippen molar-refractivity contribution in [1.82, 2.24) is 0 Å². The Balaban J connectivity index is 0. The molecule has 0 N–H and O–H groups in total. The molecule has 0 rings (SSSR count). The van der Waals surface area contributed by atoms with Crippen molar-refractivity contribution in [2.75, 3.05) is 31.3 Å². The van der Waals surface area contributed by atoms with E-state index >= 15 is 0 Å². The van der Waals surface area contributed by atoms with Crippen LogP contribution in [0.25, 0.3) is 0 Å². The van der Waals surface area contributed by atoms with Crippen LogP contribution in [0.2, 0.25) is 0 Å². The van der Waals surface area contributed by atoms with E-state index in [1.807, 2.05) is 0 Å². The molecule has 0 atom stereocenters. The molecule has 0 aliphatic carbocycles. The number of carbonyl (C=O) groups excluding carboxylic acids is 1.